The lowest BCUT2D eigenvalue weighted by atomic mass is 10.1. The molecule has 0 radical (unpaired) electrons. The summed E-state index contributed by atoms with van der Waals surface area (Å²) in [5.74, 6) is -0.191. The third kappa shape index (κ3) is 2.91. The van der Waals surface area contributed by atoms with Gasteiger partial charge in [-0.2, -0.15) is 0 Å². The molecule has 1 amide bonds. The minimum atomic E-state index is -0.191. The minimum Gasteiger partial charge on any atom is -0.381 e. The summed E-state index contributed by atoms with van der Waals surface area (Å²) in [6, 6.07) is 1.60. The normalized spacial score (nSPS) is 16.6. The molecule has 0 N–H and O–H groups in total. The number of ether oxygens (including phenoxy) is 1. The summed E-state index contributed by atoms with van der Waals surface area (Å²) in [6.45, 7) is 1.34. The van der Waals surface area contributed by atoms with E-state index in [1.807, 2.05) is 0 Å². The zero-order valence-electron chi connectivity index (χ0n) is 9.90. The fourth-order valence-electron chi connectivity index (χ4n) is 1.93. The lowest BCUT2D eigenvalue weighted by Gasteiger charge is -2.31. The van der Waals surface area contributed by atoms with E-state index in [2.05, 4.69) is 10.2 Å². The number of aromatic nitrogens is 2. The molecule has 0 saturated carbocycles. The summed E-state index contributed by atoms with van der Waals surface area (Å²) in [7, 11) is 1.75. The molecule has 5 nitrogen and oxygen atoms in total. The molecule has 7 heteroatoms. The minimum absolute atomic E-state index is 0.0725. The van der Waals surface area contributed by atoms with Gasteiger partial charge >= 0.3 is 0 Å². The molecule has 98 valence electrons. The number of amides is 1. The lowest BCUT2D eigenvalue weighted by Crippen LogP contribution is -2.40. The van der Waals surface area contributed by atoms with Gasteiger partial charge in [0, 0.05) is 26.3 Å². The first-order valence-electron chi connectivity index (χ1n) is 5.63. The highest BCUT2D eigenvalue weighted by Gasteiger charge is 2.25. The van der Waals surface area contributed by atoms with Crippen LogP contribution in [0.15, 0.2) is 6.07 Å². The second kappa shape index (κ2) is 5.82. The molecule has 1 aliphatic heterocycles. The molecular formula is C11H13Cl2N3O2. The number of hydrogen-bond acceptors (Lipinski definition) is 4. The zero-order valence-corrected chi connectivity index (χ0v) is 11.4. The van der Waals surface area contributed by atoms with Crippen LogP contribution in [-0.2, 0) is 4.74 Å². The second-order valence-electron chi connectivity index (χ2n) is 4.13. The van der Waals surface area contributed by atoms with Crippen molar-refractivity contribution in [3.05, 3.63) is 21.9 Å². The molecule has 0 aromatic carbocycles. The highest BCUT2D eigenvalue weighted by molar-refractivity contribution is 6.34. The van der Waals surface area contributed by atoms with Gasteiger partial charge in [0.1, 0.15) is 0 Å². The maximum absolute atomic E-state index is 12.3. The van der Waals surface area contributed by atoms with Gasteiger partial charge in [0.05, 0.1) is 5.56 Å². The number of carbonyl (C=O) groups is 1. The standard InChI is InChI=1S/C11H13Cl2N3O2/c1-16(7-2-4-18-5-3-7)11(17)8-6-9(12)14-15-10(8)13/h6-7H,2-5H2,1H3. The van der Waals surface area contributed by atoms with Crippen molar-refractivity contribution in [2.75, 3.05) is 20.3 Å². The number of halogens is 2. The van der Waals surface area contributed by atoms with E-state index in [1.165, 1.54) is 6.07 Å². The summed E-state index contributed by atoms with van der Waals surface area (Å²) >= 11 is 11.6. The number of rotatable bonds is 2. The molecule has 2 heterocycles. The van der Waals surface area contributed by atoms with E-state index in [0.717, 1.165) is 12.8 Å². The molecule has 2 rings (SSSR count). The van der Waals surface area contributed by atoms with Crippen molar-refractivity contribution in [3.8, 4) is 0 Å². The molecule has 1 fully saturated rings. The third-order valence-electron chi connectivity index (χ3n) is 3.01. The number of nitrogens with zero attached hydrogens (tertiary/aromatic N) is 3. The predicted octanol–water partition coefficient (Wildman–Crippen LogP) is 2.03. The van der Waals surface area contributed by atoms with Gasteiger partial charge in [0.25, 0.3) is 5.91 Å². The second-order valence-corrected chi connectivity index (χ2v) is 4.88. The van der Waals surface area contributed by atoms with Gasteiger partial charge in [-0.25, -0.2) is 0 Å². The van der Waals surface area contributed by atoms with E-state index in [9.17, 15) is 4.79 Å². The maximum atomic E-state index is 12.3. The summed E-state index contributed by atoms with van der Waals surface area (Å²) in [6.07, 6.45) is 1.65. The first kappa shape index (κ1) is 13.5. The molecule has 0 aliphatic carbocycles. The SMILES string of the molecule is CN(C(=O)c1cc(Cl)nnc1Cl)C1CCOCC1. The first-order chi connectivity index (χ1) is 8.59. The average molecular weight is 290 g/mol. The van der Waals surface area contributed by atoms with Crippen LogP contribution in [0.5, 0.6) is 0 Å². The largest absolute Gasteiger partial charge is 0.381 e. The van der Waals surface area contributed by atoms with Gasteiger partial charge < -0.3 is 9.64 Å². The molecule has 18 heavy (non-hydrogen) atoms. The summed E-state index contributed by atoms with van der Waals surface area (Å²) in [4.78, 5) is 14.0. The van der Waals surface area contributed by atoms with Crippen LogP contribution < -0.4 is 0 Å². The van der Waals surface area contributed by atoms with E-state index in [1.54, 1.807) is 11.9 Å². The molecule has 1 saturated heterocycles. The Morgan fingerprint density at radius 2 is 2.06 bits per heavy atom. The van der Waals surface area contributed by atoms with Crippen molar-refractivity contribution in [2.24, 2.45) is 0 Å². The highest BCUT2D eigenvalue weighted by atomic mass is 35.5. The third-order valence-corrected chi connectivity index (χ3v) is 3.47. The Hall–Kier alpha value is -0.910. The van der Waals surface area contributed by atoms with Crippen molar-refractivity contribution < 1.29 is 9.53 Å². The lowest BCUT2D eigenvalue weighted by molar-refractivity contribution is 0.0362. The van der Waals surface area contributed by atoms with Crippen LogP contribution in [-0.4, -0.2) is 47.3 Å². The van der Waals surface area contributed by atoms with Gasteiger partial charge in [-0.05, 0) is 18.9 Å². The summed E-state index contributed by atoms with van der Waals surface area (Å²) < 4.78 is 5.27. The highest BCUT2D eigenvalue weighted by Crippen LogP contribution is 2.20. The van der Waals surface area contributed by atoms with Crippen LogP contribution in [0.4, 0.5) is 0 Å². The van der Waals surface area contributed by atoms with E-state index in [4.69, 9.17) is 27.9 Å². The van der Waals surface area contributed by atoms with E-state index in [-0.39, 0.29) is 27.8 Å². The van der Waals surface area contributed by atoms with Crippen molar-refractivity contribution in [3.63, 3.8) is 0 Å². The van der Waals surface area contributed by atoms with Gasteiger partial charge in [-0.3, -0.25) is 4.79 Å². The topological polar surface area (TPSA) is 55.3 Å². The van der Waals surface area contributed by atoms with Crippen molar-refractivity contribution in [1.82, 2.24) is 15.1 Å². The molecular weight excluding hydrogens is 277 g/mol. The fourth-order valence-corrected chi connectivity index (χ4v) is 2.25. The van der Waals surface area contributed by atoms with Crippen LogP contribution in [0, 0.1) is 0 Å². The molecule has 1 aromatic rings. The molecule has 0 bridgehead atoms. The average Bonchev–Trinajstić information content (AvgIpc) is 2.41. The van der Waals surface area contributed by atoms with E-state index in [0.29, 0.717) is 13.2 Å². The quantitative estimate of drug-likeness (QED) is 0.836. The number of hydrogen-bond donors (Lipinski definition) is 0. The fraction of sp³-hybridized carbons (Fsp3) is 0.545. The summed E-state index contributed by atoms with van der Waals surface area (Å²) in [5.41, 5.74) is 0.283. The molecule has 1 aliphatic rings. The van der Waals surface area contributed by atoms with Crippen LogP contribution in [0.3, 0.4) is 0 Å². The van der Waals surface area contributed by atoms with Gasteiger partial charge in [0.15, 0.2) is 10.3 Å². The van der Waals surface area contributed by atoms with Crippen LogP contribution in [0.25, 0.3) is 0 Å². The Morgan fingerprint density at radius 1 is 1.39 bits per heavy atom. The van der Waals surface area contributed by atoms with Gasteiger partial charge in [-0.15, -0.1) is 10.2 Å². The van der Waals surface area contributed by atoms with Crippen LogP contribution in [0.1, 0.15) is 23.2 Å². The predicted molar refractivity (Wildman–Crippen MR) is 68.0 cm³/mol. The van der Waals surface area contributed by atoms with Gasteiger partial charge in [0.2, 0.25) is 0 Å². The Bertz CT molecular complexity index is 450. The molecule has 1 aromatic heterocycles. The van der Waals surface area contributed by atoms with Crippen molar-refractivity contribution >= 4 is 29.1 Å². The molecule has 0 spiro atoms. The zero-order chi connectivity index (χ0) is 13.1. The van der Waals surface area contributed by atoms with Crippen molar-refractivity contribution in [2.45, 2.75) is 18.9 Å². The maximum Gasteiger partial charge on any atom is 0.257 e. The first-order valence-corrected chi connectivity index (χ1v) is 6.39. The van der Waals surface area contributed by atoms with Crippen LogP contribution >= 0.6 is 23.2 Å². The monoisotopic (exact) mass is 289 g/mol. The Labute approximate surface area is 115 Å². The summed E-state index contributed by atoms with van der Waals surface area (Å²) in [5, 5.41) is 7.45. The van der Waals surface area contributed by atoms with E-state index >= 15 is 0 Å². The van der Waals surface area contributed by atoms with E-state index < -0.39 is 0 Å². The smallest absolute Gasteiger partial charge is 0.257 e. The molecule has 0 atom stereocenters. The van der Waals surface area contributed by atoms with Gasteiger partial charge in [-0.1, -0.05) is 23.2 Å². The Morgan fingerprint density at radius 3 is 2.72 bits per heavy atom. The van der Waals surface area contributed by atoms with Crippen LogP contribution in [0.2, 0.25) is 10.3 Å². The van der Waals surface area contributed by atoms with Crippen molar-refractivity contribution in [1.29, 1.82) is 0 Å². The number of carbonyl (C=O) groups excluding carboxylic acids is 1. The Kier molecular flexibility index (Phi) is 4.37. The Balaban J connectivity index is 2.16. The molecule has 0 unspecified atom stereocenters.